The zero-order valence-corrected chi connectivity index (χ0v) is 18.4. The predicted molar refractivity (Wildman–Crippen MR) is 121 cm³/mol. The Morgan fingerprint density at radius 1 is 1.06 bits per heavy atom. The molecule has 0 aliphatic carbocycles. The van der Waals surface area contributed by atoms with Crippen LogP contribution < -0.4 is 10.0 Å². The van der Waals surface area contributed by atoms with Gasteiger partial charge in [0.25, 0.3) is 15.9 Å². The van der Waals surface area contributed by atoms with E-state index >= 15 is 0 Å². The molecule has 158 valence electrons. The van der Waals surface area contributed by atoms with Gasteiger partial charge in [0, 0.05) is 24.0 Å². The van der Waals surface area contributed by atoms with Gasteiger partial charge < -0.3 is 9.88 Å². The number of nitrogens with zero attached hydrogens (tertiary/aromatic N) is 3. The van der Waals surface area contributed by atoms with Crippen molar-refractivity contribution in [1.82, 2.24) is 14.8 Å². The minimum absolute atomic E-state index is 0.0694. The van der Waals surface area contributed by atoms with Gasteiger partial charge >= 0.3 is 0 Å². The first-order valence-corrected chi connectivity index (χ1v) is 11.6. The maximum Gasteiger partial charge on any atom is 0.267 e. The van der Waals surface area contributed by atoms with Crippen molar-refractivity contribution >= 4 is 38.6 Å². The normalized spacial score (nSPS) is 11.3. The van der Waals surface area contributed by atoms with Crippen LogP contribution in [0.25, 0.3) is 11.4 Å². The summed E-state index contributed by atoms with van der Waals surface area (Å²) >= 11 is 1.06. The van der Waals surface area contributed by atoms with Crippen molar-refractivity contribution in [3.05, 3.63) is 76.7 Å². The maximum absolute atomic E-state index is 12.9. The molecule has 0 unspecified atom stereocenters. The number of amides is 1. The molecule has 4 rings (SSSR count). The van der Waals surface area contributed by atoms with Crippen molar-refractivity contribution in [2.75, 3.05) is 10.0 Å². The molecule has 31 heavy (non-hydrogen) atoms. The van der Waals surface area contributed by atoms with Gasteiger partial charge in [-0.15, -0.1) is 21.5 Å². The lowest BCUT2D eigenvalue weighted by molar-refractivity contribution is 0.102. The molecule has 8 nitrogen and oxygen atoms in total. The average Bonchev–Trinajstić information content (AvgIpc) is 3.39. The van der Waals surface area contributed by atoms with Gasteiger partial charge in [0.2, 0.25) is 0 Å². The molecule has 2 aromatic heterocycles. The van der Waals surface area contributed by atoms with Gasteiger partial charge in [0.1, 0.15) is 16.1 Å². The van der Waals surface area contributed by atoms with Crippen LogP contribution >= 0.6 is 11.3 Å². The molecule has 1 amide bonds. The third kappa shape index (κ3) is 4.49. The Labute approximate surface area is 183 Å². The highest BCUT2D eigenvalue weighted by molar-refractivity contribution is 7.93. The molecule has 4 aromatic rings. The van der Waals surface area contributed by atoms with Crippen LogP contribution in [0.3, 0.4) is 0 Å². The van der Waals surface area contributed by atoms with Crippen LogP contribution in [0.15, 0.2) is 71.2 Å². The van der Waals surface area contributed by atoms with Crippen LogP contribution in [0, 0.1) is 6.92 Å². The van der Waals surface area contributed by atoms with Crippen molar-refractivity contribution in [3.63, 3.8) is 0 Å². The molecule has 0 spiro atoms. The van der Waals surface area contributed by atoms with E-state index < -0.39 is 15.9 Å². The summed E-state index contributed by atoms with van der Waals surface area (Å²) in [7, 11) is -2.10. The fourth-order valence-corrected chi connectivity index (χ4v) is 5.36. The molecule has 0 radical (unpaired) electrons. The van der Waals surface area contributed by atoms with Crippen LogP contribution in [0.4, 0.5) is 11.4 Å². The fraction of sp³-hybridized carbons (Fsp3) is 0.0952. The Kier molecular flexibility index (Phi) is 5.57. The SMILES string of the molecule is Cc1ccc(NS(=O)(=O)c2ccsc2C(=O)Nc2cccc(-c3nncn3C)c2)cc1. The highest BCUT2D eigenvalue weighted by Crippen LogP contribution is 2.27. The number of sulfonamides is 1. The van der Waals surface area contributed by atoms with Gasteiger partial charge in [-0.25, -0.2) is 8.42 Å². The number of anilines is 2. The number of benzene rings is 2. The second-order valence-corrected chi connectivity index (χ2v) is 9.45. The third-order valence-electron chi connectivity index (χ3n) is 4.52. The van der Waals surface area contributed by atoms with Gasteiger partial charge in [0.15, 0.2) is 5.82 Å². The van der Waals surface area contributed by atoms with Crippen LogP contribution in [0.1, 0.15) is 15.2 Å². The lowest BCUT2D eigenvalue weighted by Gasteiger charge is -2.10. The quantitative estimate of drug-likeness (QED) is 0.460. The van der Waals surface area contributed by atoms with Crippen LogP contribution in [-0.2, 0) is 17.1 Å². The lowest BCUT2D eigenvalue weighted by atomic mass is 10.2. The molecule has 0 aliphatic rings. The van der Waals surface area contributed by atoms with Crippen molar-refractivity contribution in [2.45, 2.75) is 11.8 Å². The van der Waals surface area contributed by atoms with E-state index in [2.05, 4.69) is 20.2 Å². The molecule has 10 heteroatoms. The lowest BCUT2D eigenvalue weighted by Crippen LogP contribution is -2.18. The standard InChI is InChI=1S/C21H19N5O3S2/c1-14-6-8-16(9-7-14)25-31(28,29)18-10-11-30-19(18)21(27)23-17-5-3-4-15(12-17)20-24-22-13-26(20)2/h3-13,25H,1-2H3,(H,23,27). The Hall–Kier alpha value is -3.50. The van der Waals surface area contributed by atoms with E-state index in [1.807, 2.05) is 32.2 Å². The van der Waals surface area contributed by atoms with E-state index in [1.165, 1.54) is 6.07 Å². The first kappa shape index (κ1) is 20.8. The summed E-state index contributed by atoms with van der Waals surface area (Å²) in [5.41, 5.74) is 2.74. The summed E-state index contributed by atoms with van der Waals surface area (Å²) in [6, 6.07) is 15.5. The zero-order chi connectivity index (χ0) is 22.0. The third-order valence-corrected chi connectivity index (χ3v) is 6.98. The Morgan fingerprint density at radius 3 is 2.55 bits per heavy atom. The Bertz CT molecular complexity index is 1340. The number of nitrogens with one attached hydrogen (secondary N) is 2. The topological polar surface area (TPSA) is 106 Å². The van der Waals surface area contributed by atoms with Crippen LogP contribution in [0.5, 0.6) is 0 Å². The van der Waals surface area contributed by atoms with Gasteiger partial charge in [0.05, 0.1) is 0 Å². The maximum atomic E-state index is 12.9. The highest BCUT2D eigenvalue weighted by Gasteiger charge is 2.24. The summed E-state index contributed by atoms with van der Waals surface area (Å²) in [6.45, 7) is 1.92. The van der Waals surface area contributed by atoms with E-state index in [1.54, 1.807) is 46.6 Å². The smallest absolute Gasteiger partial charge is 0.267 e. The van der Waals surface area contributed by atoms with Crippen molar-refractivity contribution < 1.29 is 13.2 Å². The summed E-state index contributed by atoms with van der Waals surface area (Å²) in [4.78, 5) is 12.9. The molecule has 2 N–H and O–H groups in total. The van der Waals surface area contributed by atoms with E-state index in [9.17, 15) is 13.2 Å². The Balaban J connectivity index is 1.57. The molecule has 0 saturated heterocycles. The highest BCUT2D eigenvalue weighted by atomic mass is 32.2. The number of carbonyl (C=O) groups excluding carboxylic acids is 1. The second kappa shape index (κ2) is 8.32. The van der Waals surface area contributed by atoms with E-state index in [0.29, 0.717) is 17.2 Å². The Morgan fingerprint density at radius 2 is 1.84 bits per heavy atom. The fourth-order valence-electron chi connectivity index (χ4n) is 2.97. The predicted octanol–water partition coefficient (Wildman–Crippen LogP) is 3.91. The van der Waals surface area contributed by atoms with Crippen LogP contribution in [-0.4, -0.2) is 29.1 Å². The van der Waals surface area contributed by atoms with Gasteiger partial charge in [-0.05, 0) is 42.6 Å². The molecule has 0 bridgehead atoms. The van der Waals surface area contributed by atoms with Crippen molar-refractivity contribution in [2.24, 2.45) is 7.05 Å². The van der Waals surface area contributed by atoms with Gasteiger partial charge in [-0.2, -0.15) is 0 Å². The van der Waals surface area contributed by atoms with E-state index in [0.717, 1.165) is 22.5 Å². The minimum Gasteiger partial charge on any atom is -0.321 e. The van der Waals surface area contributed by atoms with Gasteiger partial charge in [-0.1, -0.05) is 29.8 Å². The molecule has 2 heterocycles. The summed E-state index contributed by atoms with van der Waals surface area (Å²) in [6.07, 6.45) is 1.59. The molecule has 0 saturated carbocycles. The molecule has 0 aliphatic heterocycles. The first-order chi connectivity index (χ1) is 14.8. The first-order valence-electron chi connectivity index (χ1n) is 9.26. The number of aromatic nitrogens is 3. The summed E-state index contributed by atoms with van der Waals surface area (Å²) < 4.78 is 30.0. The van der Waals surface area contributed by atoms with Crippen molar-refractivity contribution in [1.29, 1.82) is 0 Å². The second-order valence-electron chi connectivity index (χ2n) is 6.89. The number of hydrogen-bond acceptors (Lipinski definition) is 6. The molecule has 0 fully saturated rings. The number of thiophene rings is 1. The average molecular weight is 454 g/mol. The van der Waals surface area contributed by atoms with Gasteiger partial charge in [-0.3, -0.25) is 9.52 Å². The van der Waals surface area contributed by atoms with E-state index in [4.69, 9.17) is 0 Å². The molecule has 2 aromatic carbocycles. The minimum atomic E-state index is -3.92. The molecular weight excluding hydrogens is 434 g/mol. The number of carbonyl (C=O) groups is 1. The van der Waals surface area contributed by atoms with Crippen LogP contribution in [0.2, 0.25) is 0 Å². The number of rotatable bonds is 6. The van der Waals surface area contributed by atoms with Crippen molar-refractivity contribution in [3.8, 4) is 11.4 Å². The summed E-state index contributed by atoms with van der Waals surface area (Å²) in [5.74, 6) is 0.146. The van der Waals surface area contributed by atoms with E-state index in [-0.39, 0.29) is 9.77 Å². The molecule has 0 atom stereocenters. The largest absolute Gasteiger partial charge is 0.321 e. The monoisotopic (exact) mass is 453 g/mol. The summed E-state index contributed by atoms with van der Waals surface area (Å²) in [5, 5.41) is 12.3. The molecular formula is C21H19N5O3S2. The number of hydrogen-bond donors (Lipinski definition) is 2. The number of aryl methyl sites for hydroxylation is 2. The zero-order valence-electron chi connectivity index (χ0n) is 16.7.